The van der Waals surface area contributed by atoms with Crippen LogP contribution in [0.4, 0.5) is 4.39 Å². The highest BCUT2D eigenvalue weighted by Crippen LogP contribution is 2.08. The van der Waals surface area contributed by atoms with E-state index in [1.165, 1.54) is 18.4 Å². The van der Waals surface area contributed by atoms with Gasteiger partial charge in [0.15, 0.2) is 0 Å². The molecule has 0 aromatic heterocycles. The van der Waals surface area contributed by atoms with Gasteiger partial charge in [0.1, 0.15) is 5.82 Å². The molecule has 1 aromatic carbocycles. The normalized spacial score (nSPS) is 21.1. The third kappa shape index (κ3) is 4.07. The standard InChI is InChI=1S/C15H23FN2/c1-2-3-15-12-18(11-9-17-15)10-8-13-4-6-14(16)7-5-13/h4-7,15,17H,2-3,8-12H2,1H3. The van der Waals surface area contributed by atoms with Gasteiger partial charge >= 0.3 is 0 Å². The van der Waals surface area contributed by atoms with Crippen molar-refractivity contribution in [1.29, 1.82) is 0 Å². The van der Waals surface area contributed by atoms with E-state index in [0.717, 1.165) is 32.6 Å². The molecule has 1 saturated heterocycles. The van der Waals surface area contributed by atoms with Gasteiger partial charge in [0, 0.05) is 32.2 Å². The molecule has 1 heterocycles. The molecule has 0 saturated carbocycles. The van der Waals surface area contributed by atoms with Crippen LogP contribution in [0.2, 0.25) is 0 Å². The van der Waals surface area contributed by atoms with Crippen LogP contribution >= 0.6 is 0 Å². The highest BCUT2D eigenvalue weighted by atomic mass is 19.1. The van der Waals surface area contributed by atoms with Gasteiger partial charge in [-0.2, -0.15) is 0 Å². The molecule has 1 N–H and O–H groups in total. The van der Waals surface area contributed by atoms with Crippen LogP contribution in [-0.2, 0) is 6.42 Å². The first-order valence-corrected chi connectivity index (χ1v) is 6.98. The van der Waals surface area contributed by atoms with Crippen LogP contribution in [0.1, 0.15) is 25.3 Å². The molecule has 1 fully saturated rings. The summed E-state index contributed by atoms with van der Waals surface area (Å²) < 4.78 is 12.8. The number of hydrogen-bond acceptors (Lipinski definition) is 2. The molecule has 1 aliphatic rings. The fourth-order valence-corrected chi connectivity index (χ4v) is 2.58. The van der Waals surface area contributed by atoms with Gasteiger partial charge in [-0.05, 0) is 30.5 Å². The van der Waals surface area contributed by atoms with E-state index in [0.29, 0.717) is 6.04 Å². The SMILES string of the molecule is CCCC1CN(CCc2ccc(F)cc2)CCN1. The number of nitrogens with one attached hydrogen (secondary N) is 1. The summed E-state index contributed by atoms with van der Waals surface area (Å²) in [7, 11) is 0. The van der Waals surface area contributed by atoms with Crippen molar-refractivity contribution in [1.82, 2.24) is 10.2 Å². The Bertz CT molecular complexity index is 348. The minimum Gasteiger partial charge on any atom is -0.311 e. The first-order valence-electron chi connectivity index (χ1n) is 6.98. The Hall–Kier alpha value is -0.930. The molecule has 0 spiro atoms. The summed E-state index contributed by atoms with van der Waals surface area (Å²) in [5.74, 6) is -0.149. The van der Waals surface area contributed by atoms with Crippen LogP contribution < -0.4 is 5.32 Å². The Labute approximate surface area is 109 Å². The molecule has 3 heteroatoms. The molecule has 0 amide bonds. The maximum absolute atomic E-state index is 12.8. The lowest BCUT2D eigenvalue weighted by atomic mass is 10.1. The summed E-state index contributed by atoms with van der Waals surface area (Å²) in [6.07, 6.45) is 3.51. The van der Waals surface area contributed by atoms with Crippen molar-refractivity contribution >= 4 is 0 Å². The van der Waals surface area contributed by atoms with Crippen LogP contribution in [0, 0.1) is 5.82 Å². The summed E-state index contributed by atoms with van der Waals surface area (Å²) in [5, 5.41) is 3.56. The smallest absolute Gasteiger partial charge is 0.123 e. The lowest BCUT2D eigenvalue weighted by Crippen LogP contribution is -2.50. The van der Waals surface area contributed by atoms with Crippen molar-refractivity contribution in [3.05, 3.63) is 35.6 Å². The van der Waals surface area contributed by atoms with Crippen molar-refractivity contribution in [3.8, 4) is 0 Å². The van der Waals surface area contributed by atoms with Gasteiger partial charge in [0.2, 0.25) is 0 Å². The van der Waals surface area contributed by atoms with E-state index in [4.69, 9.17) is 0 Å². The molecular weight excluding hydrogens is 227 g/mol. The molecule has 2 rings (SSSR count). The monoisotopic (exact) mass is 250 g/mol. The maximum Gasteiger partial charge on any atom is 0.123 e. The van der Waals surface area contributed by atoms with E-state index < -0.39 is 0 Å². The van der Waals surface area contributed by atoms with Crippen LogP contribution in [0.25, 0.3) is 0 Å². The molecule has 100 valence electrons. The quantitative estimate of drug-likeness (QED) is 0.863. The van der Waals surface area contributed by atoms with Crippen molar-refractivity contribution in [2.24, 2.45) is 0 Å². The van der Waals surface area contributed by atoms with Crippen molar-refractivity contribution in [2.45, 2.75) is 32.2 Å². The maximum atomic E-state index is 12.8. The molecule has 18 heavy (non-hydrogen) atoms. The lowest BCUT2D eigenvalue weighted by molar-refractivity contribution is 0.196. The molecule has 1 atom stereocenters. The highest BCUT2D eigenvalue weighted by Gasteiger charge is 2.17. The molecule has 0 radical (unpaired) electrons. The van der Waals surface area contributed by atoms with Crippen LogP contribution in [0.5, 0.6) is 0 Å². The second kappa shape index (κ2) is 6.86. The number of nitrogens with zero attached hydrogens (tertiary/aromatic N) is 1. The van der Waals surface area contributed by atoms with Gasteiger partial charge < -0.3 is 10.2 Å². The highest BCUT2D eigenvalue weighted by molar-refractivity contribution is 5.16. The van der Waals surface area contributed by atoms with E-state index >= 15 is 0 Å². The third-order valence-corrected chi connectivity index (χ3v) is 3.61. The summed E-state index contributed by atoms with van der Waals surface area (Å²) in [6.45, 7) is 6.68. The Balaban J connectivity index is 1.77. The largest absolute Gasteiger partial charge is 0.311 e. The second-order valence-electron chi connectivity index (χ2n) is 5.12. The molecule has 2 nitrogen and oxygen atoms in total. The number of rotatable bonds is 5. The molecule has 0 aliphatic carbocycles. The number of benzene rings is 1. The zero-order valence-electron chi connectivity index (χ0n) is 11.2. The average molecular weight is 250 g/mol. The second-order valence-corrected chi connectivity index (χ2v) is 5.12. The molecule has 1 aromatic rings. The van der Waals surface area contributed by atoms with Crippen LogP contribution in [0.3, 0.4) is 0 Å². The van der Waals surface area contributed by atoms with Gasteiger partial charge in [-0.15, -0.1) is 0 Å². The Morgan fingerprint density at radius 1 is 1.33 bits per heavy atom. The zero-order valence-corrected chi connectivity index (χ0v) is 11.2. The molecule has 1 unspecified atom stereocenters. The van der Waals surface area contributed by atoms with Crippen molar-refractivity contribution < 1.29 is 4.39 Å². The Kier molecular flexibility index (Phi) is 5.14. The van der Waals surface area contributed by atoms with E-state index in [1.807, 2.05) is 12.1 Å². The van der Waals surface area contributed by atoms with Gasteiger partial charge in [-0.1, -0.05) is 25.5 Å². The third-order valence-electron chi connectivity index (χ3n) is 3.61. The summed E-state index contributed by atoms with van der Waals surface area (Å²) in [4.78, 5) is 2.51. The molecule has 0 bridgehead atoms. The zero-order chi connectivity index (χ0) is 12.8. The van der Waals surface area contributed by atoms with E-state index in [1.54, 1.807) is 12.1 Å². The van der Waals surface area contributed by atoms with Gasteiger partial charge in [0.25, 0.3) is 0 Å². The van der Waals surface area contributed by atoms with Crippen molar-refractivity contribution in [3.63, 3.8) is 0 Å². The summed E-state index contributed by atoms with van der Waals surface area (Å²) >= 11 is 0. The molecular formula is C15H23FN2. The van der Waals surface area contributed by atoms with Gasteiger partial charge in [-0.3, -0.25) is 0 Å². The fourth-order valence-electron chi connectivity index (χ4n) is 2.58. The summed E-state index contributed by atoms with van der Waals surface area (Å²) in [6, 6.07) is 7.53. The Morgan fingerprint density at radius 3 is 2.83 bits per heavy atom. The minimum absolute atomic E-state index is 0.149. The predicted molar refractivity (Wildman–Crippen MR) is 73.2 cm³/mol. The van der Waals surface area contributed by atoms with Crippen molar-refractivity contribution in [2.75, 3.05) is 26.2 Å². The fraction of sp³-hybridized carbons (Fsp3) is 0.600. The van der Waals surface area contributed by atoms with Gasteiger partial charge in [0.05, 0.1) is 0 Å². The first kappa shape index (κ1) is 13.5. The lowest BCUT2D eigenvalue weighted by Gasteiger charge is -2.33. The Morgan fingerprint density at radius 2 is 2.11 bits per heavy atom. The average Bonchev–Trinajstić information content (AvgIpc) is 2.39. The number of halogens is 1. The summed E-state index contributed by atoms with van der Waals surface area (Å²) in [5.41, 5.74) is 1.22. The van der Waals surface area contributed by atoms with E-state index in [-0.39, 0.29) is 5.82 Å². The van der Waals surface area contributed by atoms with Crippen LogP contribution in [-0.4, -0.2) is 37.1 Å². The van der Waals surface area contributed by atoms with E-state index in [9.17, 15) is 4.39 Å². The predicted octanol–water partition coefficient (Wildman–Crippen LogP) is 2.44. The minimum atomic E-state index is -0.149. The molecule has 1 aliphatic heterocycles. The van der Waals surface area contributed by atoms with Crippen LogP contribution in [0.15, 0.2) is 24.3 Å². The van der Waals surface area contributed by atoms with E-state index in [2.05, 4.69) is 17.1 Å². The van der Waals surface area contributed by atoms with Gasteiger partial charge in [-0.25, -0.2) is 4.39 Å². The number of piperazine rings is 1. The topological polar surface area (TPSA) is 15.3 Å². The number of hydrogen-bond donors (Lipinski definition) is 1. The first-order chi connectivity index (χ1) is 8.78.